The summed E-state index contributed by atoms with van der Waals surface area (Å²) < 4.78 is 5.36. The van der Waals surface area contributed by atoms with E-state index < -0.39 is 0 Å². The third-order valence-corrected chi connectivity index (χ3v) is 3.21. The summed E-state index contributed by atoms with van der Waals surface area (Å²) in [5.74, 6) is 1.54. The molecule has 0 atom stereocenters. The van der Waals surface area contributed by atoms with E-state index in [0.717, 1.165) is 30.0 Å². The van der Waals surface area contributed by atoms with E-state index in [9.17, 15) is 4.79 Å². The molecule has 1 aromatic carbocycles. The first-order valence-electron chi connectivity index (χ1n) is 5.56. The third-order valence-electron chi connectivity index (χ3n) is 2.65. The van der Waals surface area contributed by atoms with Crippen molar-refractivity contribution in [1.82, 2.24) is 0 Å². The SMILES string of the molecule is O=C1COc2ccc(Cl)cc2N1CCCCS. The second-order valence-electron chi connectivity index (χ2n) is 3.88. The van der Waals surface area contributed by atoms with E-state index in [1.165, 1.54) is 0 Å². The van der Waals surface area contributed by atoms with Gasteiger partial charge in [0.2, 0.25) is 0 Å². The molecular weight excluding hydrogens is 258 g/mol. The minimum absolute atomic E-state index is 0.0149. The highest BCUT2D eigenvalue weighted by Crippen LogP contribution is 2.34. The highest BCUT2D eigenvalue weighted by atomic mass is 35.5. The van der Waals surface area contributed by atoms with E-state index in [-0.39, 0.29) is 12.5 Å². The van der Waals surface area contributed by atoms with Gasteiger partial charge in [0.15, 0.2) is 6.61 Å². The van der Waals surface area contributed by atoms with Crippen molar-refractivity contribution in [3.63, 3.8) is 0 Å². The maximum Gasteiger partial charge on any atom is 0.265 e. The normalized spacial score (nSPS) is 14.5. The zero-order valence-electron chi connectivity index (χ0n) is 9.36. The molecule has 0 spiro atoms. The molecule has 0 fully saturated rings. The van der Waals surface area contributed by atoms with Crippen LogP contribution in [-0.2, 0) is 4.79 Å². The Balaban J connectivity index is 2.20. The van der Waals surface area contributed by atoms with Gasteiger partial charge in [0, 0.05) is 11.6 Å². The summed E-state index contributed by atoms with van der Waals surface area (Å²) in [5.41, 5.74) is 0.771. The van der Waals surface area contributed by atoms with Gasteiger partial charge in [0.1, 0.15) is 5.75 Å². The Morgan fingerprint density at radius 1 is 1.41 bits per heavy atom. The van der Waals surface area contributed by atoms with Gasteiger partial charge in [-0.15, -0.1) is 0 Å². The van der Waals surface area contributed by atoms with Gasteiger partial charge in [-0.25, -0.2) is 0 Å². The number of amides is 1. The average Bonchev–Trinajstić information content (AvgIpc) is 2.32. The van der Waals surface area contributed by atoms with Crippen LogP contribution in [0.25, 0.3) is 0 Å². The second-order valence-corrected chi connectivity index (χ2v) is 4.76. The quantitative estimate of drug-likeness (QED) is 0.674. The maximum atomic E-state index is 11.8. The lowest BCUT2D eigenvalue weighted by molar-refractivity contribution is -0.121. The smallest absolute Gasteiger partial charge is 0.265 e. The molecule has 92 valence electrons. The minimum atomic E-state index is -0.0149. The Morgan fingerprint density at radius 3 is 3.00 bits per heavy atom. The molecular formula is C12H14ClNO2S. The highest BCUT2D eigenvalue weighted by molar-refractivity contribution is 7.80. The number of carbonyl (C=O) groups is 1. The van der Waals surface area contributed by atoms with Gasteiger partial charge in [-0.05, 0) is 36.8 Å². The van der Waals surface area contributed by atoms with Crippen LogP contribution in [0, 0.1) is 0 Å². The summed E-state index contributed by atoms with van der Waals surface area (Å²) in [4.78, 5) is 13.5. The van der Waals surface area contributed by atoms with E-state index in [4.69, 9.17) is 16.3 Å². The van der Waals surface area contributed by atoms with Gasteiger partial charge in [0.05, 0.1) is 5.69 Å². The van der Waals surface area contributed by atoms with E-state index in [1.54, 1.807) is 23.1 Å². The van der Waals surface area contributed by atoms with Crippen molar-refractivity contribution in [2.24, 2.45) is 0 Å². The largest absolute Gasteiger partial charge is 0.482 e. The number of thiol groups is 1. The van der Waals surface area contributed by atoms with Gasteiger partial charge < -0.3 is 9.64 Å². The number of carbonyl (C=O) groups excluding carboxylic acids is 1. The van der Waals surface area contributed by atoms with Crippen LogP contribution < -0.4 is 9.64 Å². The maximum absolute atomic E-state index is 11.8. The molecule has 1 heterocycles. The summed E-state index contributed by atoms with van der Waals surface area (Å²) in [7, 11) is 0. The van der Waals surface area contributed by atoms with Gasteiger partial charge in [0.25, 0.3) is 5.91 Å². The molecule has 0 unspecified atom stereocenters. The van der Waals surface area contributed by atoms with Crippen LogP contribution in [0.5, 0.6) is 5.75 Å². The lowest BCUT2D eigenvalue weighted by Gasteiger charge is -2.29. The second kappa shape index (κ2) is 5.65. The first-order valence-corrected chi connectivity index (χ1v) is 6.57. The predicted octanol–water partition coefficient (Wildman–Crippen LogP) is 2.78. The van der Waals surface area contributed by atoms with E-state index in [2.05, 4.69) is 12.6 Å². The standard InChI is InChI=1S/C12H14ClNO2S/c13-9-3-4-11-10(7-9)14(5-1-2-6-17)12(15)8-16-11/h3-4,7,17H,1-2,5-6,8H2. The van der Waals surface area contributed by atoms with Crippen molar-refractivity contribution in [2.45, 2.75) is 12.8 Å². The molecule has 0 aromatic heterocycles. The monoisotopic (exact) mass is 271 g/mol. The predicted molar refractivity (Wildman–Crippen MR) is 72.4 cm³/mol. The molecule has 0 N–H and O–H groups in total. The van der Waals surface area contributed by atoms with Gasteiger partial charge >= 0.3 is 0 Å². The molecule has 0 bridgehead atoms. The summed E-state index contributed by atoms with van der Waals surface area (Å²) in [5, 5.41) is 0.612. The number of nitrogens with zero attached hydrogens (tertiary/aromatic N) is 1. The van der Waals surface area contributed by atoms with Crippen LogP contribution >= 0.6 is 24.2 Å². The Morgan fingerprint density at radius 2 is 2.24 bits per heavy atom. The number of halogens is 1. The van der Waals surface area contributed by atoms with Crippen LogP contribution in [-0.4, -0.2) is 24.8 Å². The van der Waals surface area contributed by atoms with E-state index in [0.29, 0.717) is 11.6 Å². The lowest BCUT2D eigenvalue weighted by atomic mass is 10.2. The molecule has 0 aliphatic carbocycles. The number of ether oxygens (including phenoxy) is 1. The molecule has 0 saturated carbocycles. The van der Waals surface area contributed by atoms with Gasteiger partial charge in [-0.3, -0.25) is 4.79 Å². The average molecular weight is 272 g/mol. The van der Waals surface area contributed by atoms with Crippen molar-refractivity contribution < 1.29 is 9.53 Å². The Kier molecular flexibility index (Phi) is 4.18. The minimum Gasteiger partial charge on any atom is -0.482 e. The molecule has 0 saturated heterocycles. The van der Waals surface area contributed by atoms with Crippen LogP contribution in [0.3, 0.4) is 0 Å². The molecule has 1 aliphatic rings. The summed E-state index contributed by atoms with van der Waals surface area (Å²) in [6, 6.07) is 5.34. The van der Waals surface area contributed by atoms with Crippen molar-refractivity contribution in [3.8, 4) is 5.75 Å². The number of benzene rings is 1. The van der Waals surface area contributed by atoms with Crippen LogP contribution in [0.2, 0.25) is 5.02 Å². The highest BCUT2D eigenvalue weighted by Gasteiger charge is 2.24. The van der Waals surface area contributed by atoms with Crippen LogP contribution in [0.1, 0.15) is 12.8 Å². The van der Waals surface area contributed by atoms with Gasteiger partial charge in [-0.1, -0.05) is 11.6 Å². The number of rotatable bonds is 4. The topological polar surface area (TPSA) is 29.5 Å². The van der Waals surface area contributed by atoms with Crippen LogP contribution in [0.15, 0.2) is 18.2 Å². The fraction of sp³-hybridized carbons (Fsp3) is 0.417. The fourth-order valence-corrected chi connectivity index (χ4v) is 2.19. The number of unbranched alkanes of at least 4 members (excludes halogenated alkanes) is 1. The zero-order valence-corrected chi connectivity index (χ0v) is 11.0. The Hall–Kier alpha value is -0.870. The zero-order chi connectivity index (χ0) is 12.3. The molecule has 1 aliphatic heterocycles. The molecule has 2 rings (SSSR count). The fourth-order valence-electron chi connectivity index (χ4n) is 1.80. The molecule has 5 heteroatoms. The summed E-state index contributed by atoms with van der Waals surface area (Å²) in [6.07, 6.45) is 1.92. The molecule has 1 aromatic rings. The first kappa shape index (κ1) is 12.6. The van der Waals surface area contributed by atoms with Crippen molar-refractivity contribution >= 4 is 35.8 Å². The lowest BCUT2D eigenvalue weighted by Crippen LogP contribution is -2.39. The number of hydrogen-bond acceptors (Lipinski definition) is 3. The molecule has 1 amide bonds. The van der Waals surface area contributed by atoms with Crippen molar-refractivity contribution in [2.75, 3.05) is 23.8 Å². The third kappa shape index (κ3) is 2.87. The number of anilines is 1. The molecule has 3 nitrogen and oxygen atoms in total. The van der Waals surface area contributed by atoms with Crippen molar-refractivity contribution in [1.29, 1.82) is 0 Å². The summed E-state index contributed by atoms with van der Waals surface area (Å²) in [6.45, 7) is 0.797. The van der Waals surface area contributed by atoms with Gasteiger partial charge in [-0.2, -0.15) is 12.6 Å². The summed E-state index contributed by atoms with van der Waals surface area (Å²) >= 11 is 10.1. The molecule has 17 heavy (non-hydrogen) atoms. The molecule has 0 radical (unpaired) electrons. The first-order chi connectivity index (χ1) is 8.22. The van der Waals surface area contributed by atoms with E-state index >= 15 is 0 Å². The van der Waals surface area contributed by atoms with Crippen LogP contribution in [0.4, 0.5) is 5.69 Å². The Labute approximate surface area is 111 Å². The number of hydrogen-bond donors (Lipinski definition) is 1. The number of fused-ring (bicyclic) bond motifs is 1. The van der Waals surface area contributed by atoms with E-state index in [1.807, 2.05) is 0 Å². The Bertz CT molecular complexity index is 425. The van der Waals surface area contributed by atoms with Crippen molar-refractivity contribution in [3.05, 3.63) is 23.2 Å².